The summed E-state index contributed by atoms with van der Waals surface area (Å²) in [5, 5.41) is 12.1. The fourth-order valence-electron chi connectivity index (χ4n) is 5.11. The minimum absolute atomic E-state index is 0.102. The summed E-state index contributed by atoms with van der Waals surface area (Å²) in [7, 11) is 1.66. The highest BCUT2D eigenvalue weighted by atomic mass is 16.6. The second-order valence-electron chi connectivity index (χ2n) is 9.10. The normalized spacial score (nSPS) is 13.8. The molecule has 0 aliphatic carbocycles. The molecule has 0 spiro atoms. The number of ether oxygens (including phenoxy) is 1. The molecule has 1 amide bonds. The van der Waals surface area contributed by atoms with Crippen molar-refractivity contribution in [1.29, 1.82) is 0 Å². The maximum Gasteiger partial charge on any atom is 0.270 e. The summed E-state index contributed by atoms with van der Waals surface area (Å²) in [5.74, 6) is 0.929. The van der Waals surface area contributed by atoms with Gasteiger partial charge in [-0.2, -0.15) is 0 Å². The number of hydrogen-bond donors (Lipinski definition) is 0. The summed E-state index contributed by atoms with van der Waals surface area (Å²) in [6.45, 7) is 3.27. The first-order chi connectivity index (χ1) is 18.0. The van der Waals surface area contributed by atoms with E-state index in [1.165, 1.54) is 12.1 Å². The Bertz CT molecular complexity index is 1540. The Morgan fingerprint density at radius 1 is 0.946 bits per heavy atom. The molecule has 0 radical (unpaired) electrons. The average Bonchev–Trinajstić information content (AvgIpc) is 2.94. The molecule has 190 valence electrons. The van der Waals surface area contributed by atoms with Crippen LogP contribution >= 0.6 is 0 Å². The molecular weight excluding hydrogens is 472 g/mol. The van der Waals surface area contributed by atoms with E-state index in [9.17, 15) is 19.7 Å². The molecule has 9 heteroatoms. The number of non-ortho nitro benzene ring substituents is 1. The van der Waals surface area contributed by atoms with Gasteiger partial charge in [0.2, 0.25) is 5.91 Å². The Kier molecular flexibility index (Phi) is 6.76. The summed E-state index contributed by atoms with van der Waals surface area (Å²) < 4.78 is 7.47. The molecule has 4 aromatic rings. The van der Waals surface area contributed by atoms with Gasteiger partial charge in [-0.15, -0.1) is 0 Å². The topological polar surface area (TPSA) is 97.9 Å². The Labute approximate surface area is 213 Å². The number of nitro benzene ring substituents is 1. The zero-order valence-corrected chi connectivity index (χ0v) is 20.6. The highest BCUT2D eigenvalue weighted by Gasteiger charge is 2.23. The number of carbonyl (C=O) groups excluding carboxylic acids is 1. The van der Waals surface area contributed by atoms with Crippen molar-refractivity contribution in [2.45, 2.75) is 19.4 Å². The number of methoxy groups -OCH3 is 1. The number of benzene rings is 3. The molecule has 1 aliphatic heterocycles. The van der Waals surface area contributed by atoms with Crippen LogP contribution in [-0.2, 0) is 11.3 Å². The lowest BCUT2D eigenvalue weighted by atomic mass is 10.1. The summed E-state index contributed by atoms with van der Waals surface area (Å²) in [6.07, 6.45) is 0.966. The fourth-order valence-corrected chi connectivity index (χ4v) is 5.11. The number of pyridine rings is 1. The molecule has 1 fully saturated rings. The van der Waals surface area contributed by atoms with Crippen molar-refractivity contribution >= 4 is 39.1 Å². The molecule has 0 bridgehead atoms. The molecule has 0 N–H and O–H groups in total. The Morgan fingerprint density at radius 2 is 1.65 bits per heavy atom. The van der Waals surface area contributed by atoms with Gasteiger partial charge in [0.25, 0.3) is 5.69 Å². The van der Waals surface area contributed by atoms with Gasteiger partial charge in [0.1, 0.15) is 5.75 Å². The Morgan fingerprint density at radius 3 is 2.41 bits per heavy atom. The van der Waals surface area contributed by atoms with E-state index in [0.29, 0.717) is 48.8 Å². The van der Waals surface area contributed by atoms with E-state index in [1.54, 1.807) is 25.3 Å². The number of aromatic nitrogens is 1. The SMILES string of the molecule is COc1ccccc1N1CCN(C(=O)CCCn2c3ccccc3c(=O)c3cc([N+](=O)[O-])ccc32)CC1. The van der Waals surface area contributed by atoms with Crippen molar-refractivity contribution in [2.75, 3.05) is 38.2 Å². The van der Waals surface area contributed by atoms with Gasteiger partial charge < -0.3 is 19.1 Å². The number of hydrogen-bond acceptors (Lipinski definition) is 6. The van der Waals surface area contributed by atoms with E-state index in [1.807, 2.05) is 45.9 Å². The fraction of sp³-hybridized carbons (Fsp3) is 0.286. The lowest BCUT2D eigenvalue weighted by molar-refractivity contribution is -0.384. The highest BCUT2D eigenvalue weighted by Crippen LogP contribution is 2.28. The first kappa shape index (κ1) is 24.3. The molecule has 1 saturated heterocycles. The Balaban J connectivity index is 1.29. The highest BCUT2D eigenvalue weighted by molar-refractivity contribution is 5.94. The Hall–Kier alpha value is -4.40. The zero-order valence-electron chi connectivity index (χ0n) is 20.6. The van der Waals surface area contributed by atoms with Gasteiger partial charge in [-0.05, 0) is 36.8 Å². The number of nitrogens with zero attached hydrogens (tertiary/aromatic N) is 4. The summed E-state index contributed by atoms with van der Waals surface area (Å²) in [6, 6.07) is 19.5. The monoisotopic (exact) mass is 500 g/mol. The number of anilines is 1. The number of para-hydroxylation sites is 3. The van der Waals surface area contributed by atoms with E-state index >= 15 is 0 Å². The minimum atomic E-state index is -0.495. The molecule has 1 aliphatic rings. The number of carbonyl (C=O) groups is 1. The lowest BCUT2D eigenvalue weighted by Crippen LogP contribution is -2.48. The third-order valence-corrected chi connectivity index (χ3v) is 7.00. The molecule has 9 nitrogen and oxygen atoms in total. The first-order valence-corrected chi connectivity index (χ1v) is 12.3. The van der Waals surface area contributed by atoms with Crippen molar-refractivity contribution in [3.8, 4) is 5.75 Å². The summed E-state index contributed by atoms with van der Waals surface area (Å²) in [4.78, 5) is 41.0. The summed E-state index contributed by atoms with van der Waals surface area (Å²) >= 11 is 0. The number of fused-ring (bicyclic) bond motifs is 2. The van der Waals surface area contributed by atoms with Crippen molar-refractivity contribution < 1.29 is 14.5 Å². The van der Waals surface area contributed by atoms with Crippen molar-refractivity contribution in [1.82, 2.24) is 9.47 Å². The molecule has 37 heavy (non-hydrogen) atoms. The molecule has 2 heterocycles. The van der Waals surface area contributed by atoms with Gasteiger partial charge >= 0.3 is 0 Å². The van der Waals surface area contributed by atoms with E-state index in [4.69, 9.17) is 4.74 Å². The van der Waals surface area contributed by atoms with Crippen LogP contribution in [-0.4, -0.2) is 53.6 Å². The molecule has 0 saturated carbocycles. The van der Waals surface area contributed by atoms with Gasteiger partial charge in [0.15, 0.2) is 5.43 Å². The van der Waals surface area contributed by atoms with Crippen LogP contribution in [0.4, 0.5) is 11.4 Å². The average molecular weight is 501 g/mol. The predicted octanol–water partition coefficient (Wildman–Crippen LogP) is 4.20. The largest absolute Gasteiger partial charge is 0.495 e. The van der Waals surface area contributed by atoms with Crippen LogP contribution in [0, 0.1) is 10.1 Å². The number of nitro groups is 1. The van der Waals surface area contributed by atoms with Crippen LogP contribution < -0.4 is 15.1 Å². The predicted molar refractivity (Wildman–Crippen MR) is 143 cm³/mol. The third-order valence-electron chi connectivity index (χ3n) is 7.00. The molecule has 5 rings (SSSR count). The van der Waals surface area contributed by atoms with E-state index in [-0.39, 0.29) is 17.0 Å². The maximum atomic E-state index is 13.1. The van der Waals surface area contributed by atoms with E-state index in [2.05, 4.69) is 4.90 Å². The second-order valence-corrected chi connectivity index (χ2v) is 9.10. The van der Waals surface area contributed by atoms with Gasteiger partial charge in [-0.1, -0.05) is 24.3 Å². The molecule has 3 aromatic carbocycles. The second kappa shape index (κ2) is 10.3. The zero-order chi connectivity index (χ0) is 25.9. The van der Waals surface area contributed by atoms with Gasteiger partial charge in [0, 0.05) is 56.7 Å². The maximum absolute atomic E-state index is 13.1. The third kappa shape index (κ3) is 4.72. The lowest BCUT2D eigenvalue weighted by Gasteiger charge is -2.36. The van der Waals surface area contributed by atoms with Crippen LogP contribution in [0.5, 0.6) is 5.75 Å². The van der Waals surface area contributed by atoms with Crippen LogP contribution in [0.25, 0.3) is 21.8 Å². The van der Waals surface area contributed by atoms with E-state index in [0.717, 1.165) is 30.0 Å². The van der Waals surface area contributed by atoms with Gasteiger partial charge in [-0.3, -0.25) is 19.7 Å². The molecule has 1 aromatic heterocycles. The van der Waals surface area contributed by atoms with Crippen LogP contribution in [0.2, 0.25) is 0 Å². The molecule has 0 atom stereocenters. The first-order valence-electron chi connectivity index (χ1n) is 12.3. The standard InChI is InChI=1S/C28H28N4O5/c1-37-26-10-5-4-9-25(26)29-15-17-30(18-16-29)27(33)11-6-14-31-23-8-3-2-7-21(23)28(34)22-19-20(32(35)36)12-13-24(22)31/h2-5,7-10,12-13,19H,6,11,14-18H2,1H3. The van der Waals surface area contributed by atoms with Crippen molar-refractivity contribution in [3.05, 3.63) is 87.1 Å². The molecular formula is C28H28N4O5. The molecule has 0 unspecified atom stereocenters. The number of piperazine rings is 1. The van der Waals surface area contributed by atoms with Gasteiger partial charge in [0.05, 0.1) is 34.1 Å². The van der Waals surface area contributed by atoms with Crippen LogP contribution in [0.15, 0.2) is 71.5 Å². The summed E-state index contributed by atoms with van der Waals surface area (Å²) in [5.41, 5.74) is 2.08. The van der Waals surface area contributed by atoms with Crippen molar-refractivity contribution in [2.24, 2.45) is 0 Å². The van der Waals surface area contributed by atoms with Crippen molar-refractivity contribution in [3.63, 3.8) is 0 Å². The number of rotatable bonds is 7. The van der Waals surface area contributed by atoms with Crippen LogP contribution in [0.1, 0.15) is 12.8 Å². The van der Waals surface area contributed by atoms with E-state index < -0.39 is 4.92 Å². The minimum Gasteiger partial charge on any atom is -0.495 e. The van der Waals surface area contributed by atoms with Gasteiger partial charge in [-0.25, -0.2) is 0 Å². The number of amides is 1. The van der Waals surface area contributed by atoms with Crippen LogP contribution in [0.3, 0.4) is 0 Å². The smallest absolute Gasteiger partial charge is 0.270 e. The quantitative estimate of drug-likeness (QED) is 0.214. The number of aryl methyl sites for hydroxylation is 1.